The average molecular weight is 396 g/mol. The lowest BCUT2D eigenvalue weighted by Crippen LogP contribution is -2.33. The number of ether oxygens (including phenoxy) is 2. The van der Waals surface area contributed by atoms with Crippen LogP contribution in [0.3, 0.4) is 0 Å². The summed E-state index contributed by atoms with van der Waals surface area (Å²) in [5.74, 6) is 1.96. The number of methoxy groups -OCH3 is 1. The molecule has 0 aliphatic carbocycles. The van der Waals surface area contributed by atoms with E-state index in [0.29, 0.717) is 17.1 Å². The van der Waals surface area contributed by atoms with E-state index < -0.39 is 0 Å². The molecule has 2 atom stereocenters. The van der Waals surface area contributed by atoms with E-state index in [1.807, 2.05) is 38.1 Å². The molecule has 0 fully saturated rings. The first kappa shape index (κ1) is 20.7. The lowest BCUT2D eigenvalue weighted by Gasteiger charge is -2.23. The van der Waals surface area contributed by atoms with Crippen LogP contribution in [0.2, 0.25) is 0 Å². The molecular formula is C23H29N3O3. The van der Waals surface area contributed by atoms with Crippen LogP contribution in [0, 0.1) is 5.92 Å². The van der Waals surface area contributed by atoms with Crippen LogP contribution < -0.4 is 14.8 Å². The molecule has 0 bridgehead atoms. The number of hydrogen-bond donors (Lipinski definition) is 2. The third-order valence-corrected chi connectivity index (χ3v) is 4.99. The molecule has 3 aromatic rings. The number of aromatic nitrogens is 2. The highest BCUT2D eigenvalue weighted by molar-refractivity contribution is 5.95. The summed E-state index contributed by atoms with van der Waals surface area (Å²) >= 11 is 0. The lowest BCUT2D eigenvalue weighted by molar-refractivity contribution is 0.0920. The van der Waals surface area contributed by atoms with Gasteiger partial charge in [-0.1, -0.05) is 32.4 Å². The second-order valence-electron chi connectivity index (χ2n) is 7.51. The van der Waals surface area contributed by atoms with Gasteiger partial charge in [-0.05, 0) is 50.1 Å². The van der Waals surface area contributed by atoms with Crippen LogP contribution in [-0.4, -0.2) is 29.1 Å². The molecule has 2 N–H and O–H groups in total. The summed E-state index contributed by atoms with van der Waals surface area (Å²) in [6, 6.07) is 12.9. The number of benzene rings is 2. The van der Waals surface area contributed by atoms with Gasteiger partial charge < -0.3 is 19.8 Å². The van der Waals surface area contributed by atoms with E-state index in [4.69, 9.17) is 14.5 Å². The Labute approximate surface area is 171 Å². The van der Waals surface area contributed by atoms with E-state index in [1.54, 1.807) is 25.3 Å². The van der Waals surface area contributed by atoms with Gasteiger partial charge in [0.05, 0.1) is 30.3 Å². The Hall–Kier alpha value is -3.02. The molecule has 3 rings (SSSR count). The zero-order valence-corrected chi connectivity index (χ0v) is 17.7. The smallest absolute Gasteiger partial charge is 0.252 e. The number of carbonyl (C=O) groups excluding carboxylic acids is 1. The van der Waals surface area contributed by atoms with E-state index in [0.717, 1.165) is 23.3 Å². The zero-order chi connectivity index (χ0) is 21.0. The van der Waals surface area contributed by atoms with Gasteiger partial charge in [0, 0.05) is 5.56 Å². The van der Waals surface area contributed by atoms with Crippen LogP contribution >= 0.6 is 0 Å². The quantitative estimate of drug-likeness (QED) is 0.570. The fraction of sp³-hybridized carbons (Fsp3) is 0.391. The number of carbonyl (C=O) groups is 1. The molecule has 0 aliphatic heterocycles. The van der Waals surface area contributed by atoms with Gasteiger partial charge in [0.2, 0.25) is 0 Å². The number of amides is 1. The number of para-hydroxylation sites is 2. The van der Waals surface area contributed by atoms with E-state index in [9.17, 15) is 4.79 Å². The van der Waals surface area contributed by atoms with Crippen molar-refractivity contribution < 1.29 is 14.3 Å². The highest BCUT2D eigenvalue weighted by atomic mass is 16.5. The summed E-state index contributed by atoms with van der Waals surface area (Å²) in [5, 5.41) is 3.14. The van der Waals surface area contributed by atoms with E-state index in [-0.39, 0.29) is 24.0 Å². The molecule has 1 amide bonds. The van der Waals surface area contributed by atoms with E-state index >= 15 is 0 Å². The molecule has 6 heteroatoms. The molecule has 2 unspecified atom stereocenters. The normalized spacial score (nSPS) is 13.3. The van der Waals surface area contributed by atoms with Crippen molar-refractivity contribution in [2.75, 3.05) is 7.11 Å². The summed E-state index contributed by atoms with van der Waals surface area (Å²) in [7, 11) is 1.57. The number of imidazole rings is 1. The standard InChI is InChI=1S/C23H29N3O3/c1-6-15(4)21(22-24-17-9-7-8-10-18(17)25-22)26-23(27)16-11-12-19(29-14(2)3)20(13-16)28-5/h7-15,21H,6H2,1-5H3,(H,24,25)(H,26,27). The van der Waals surface area contributed by atoms with Crippen molar-refractivity contribution in [1.82, 2.24) is 15.3 Å². The zero-order valence-electron chi connectivity index (χ0n) is 17.7. The predicted molar refractivity (Wildman–Crippen MR) is 115 cm³/mol. The molecule has 2 aromatic carbocycles. The van der Waals surface area contributed by atoms with Gasteiger partial charge in [-0.2, -0.15) is 0 Å². The fourth-order valence-corrected chi connectivity index (χ4v) is 3.22. The van der Waals surface area contributed by atoms with Gasteiger partial charge in [-0.15, -0.1) is 0 Å². The molecule has 0 aliphatic rings. The molecule has 154 valence electrons. The number of nitrogens with one attached hydrogen (secondary N) is 2. The fourth-order valence-electron chi connectivity index (χ4n) is 3.22. The molecule has 6 nitrogen and oxygen atoms in total. The van der Waals surface area contributed by atoms with Crippen molar-refractivity contribution in [3.8, 4) is 11.5 Å². The van der Waals surface area contributed by atoms with Gasteiger partial charge in [0.1, 0.15) is 5.82 Å². The molecule has 0 spiro atoms. The monoisotopic (exact) mass is 395 g/mol. The van der Waals surface area contributed by atoms with Crippen molar-refractivity contribution in [2.24, 2.45) is 5.92 Å². The maximum absolute atomic E-state index is 13.0. The third-order valence-electron chi connectivity index (χ3n) is 4.99. The highest BCUT2D eigenvalue weighted by Crippen LogP contribution is 2.30. The molecule has 29 heavy (non-hydrogen) atoms. The van der Waals surface area contributed by atoms with Gasteiger partial charge >= 0.3 is 0 Å². The highest BCUT2D eigenvalue weighted by Gasteiger charge is 2.24. The van der Waals surface area contributed by atoms with Crippen molar-refractivity contribution in [3.05, 3.63) is 53.9 Å². The average Bonchev–Trinajstić information content (AvgIpc) is 3.15. The minimum absolute atomic E-state index is 0.0199. The van der Waals surface area contributed by atoms with Crippen molar-refractivity contribution >= 4 is 16.9 Å². The van der Waals surface area contributed by atoms with Gasteiger partial charge in [-0.3, -0.25) is 4.79 Å². The maximum atomic E-state index is 13.0. The molecule has 1 heterocycles. The molecule has 0 radical (unpaired) electrons. The first-order chi connectivity index (χ1) is 13.9. The number of H-pyrrole nitrogens is 1. The Morgan fingerprint density at radius 1 is 1.14 bits per heavy atom. The van der Waals surface area contributed by atoms with E-state index in [2.05, 4.69) is 24.1 Å². The second kappa shape index (κ2) is 8.99. The summed E-state index contributed by atoms with van der Waals surface area (Å²) in [5.41, 5.74) is 2.37. The summed E-state index contributed by atoms with van der Waals surface area (Å²) in [6.45, 7) is 8.11. The Kier molecular flexibility index (Phi) is 6.42. The summed E-state index contributed by atoms with van der Waals surface area (Å²) < 4.78 is 11.2. The van der Waals surface area contributed by atoms with Crippen LogP contribution in [0.5, 0.6) is 11.5 Å². The molecule has 1 aromatic heterocycles. The van der Waals surface area contributed by atoms with Crippen LogP contribution in [0.25, 0.3) is 11.0 Å². The number of rotatable bonds is 8. The SMILES string of the molecule is CCC(C)C(NC(=O)c1ccc(OC(C)C)c(OC)c1)c1nc2ccccc2[nH]1. The molecule has 0 saturated carbocycles. The Morgan fingerprint density at radius 3 is 2.55 bits per heavy atom. The minimum Gasteiger partial charge on any atom is -0.493 e. The Morgan fingerprint density at radius 2 is 1.90 bits per heavy atom. The van der Waals surface area contributed by atoms with Crippen LogP contribution in [0.4, 0.5) is 0 Å². The summed E-state index contributed by atoms with van der Waals surface area (Å²) in [4.78, 5) is 21.1. The number of aromatic amines is 1. The lowest BCUT2D eigenvalue weighted by atomic mass is 9.98. The largest absolute Gasteiger partial charge is 0.493 e. The van der Waals surface area contributed by atoms with Crippen molar-refractivity contribution in [1.29, 1.82) is 0 Å². The molecule has 0 saturated heterocycles. The summed E-state index contributed by atoms with van der Waals surface area (Å²) in [6.07, 6.45) is 0.929. The second-order valence-corrected chi connectivity index (χ2v) is 7.51. The van der Waals surface area contributed by atoms with Crippen LogP contribution in [0.15, 0.2) is 42.5 Å². The number of hydrogen-bond acceptors (Lipinski definition) is 4. The van der Waals surface area contributed by atoms with Crippen molar-refractivity contribution in [2.45, 2.75) is 46.3 Å². The van der Waals surface area contributed by atoms with Crippen LogP contribution in [-0.2, 0) is 0 Å². The Bertz CT molecular complexity index is 947. The predicted octanol–water partition coefficient (Wildman–Crippen LogP) is 4.88. The number of fused-ring (bicyclic) bond motifs is 1. The van der Waals surface area contributed by atoms with Crippen molar-refractivity contribution in [3.63, 3.8) is 0 Å². The molecular weight excluding hydrogens is 366 g/mol. The third kappa shape index (κ3) is 4.70. The first-order valence-electron chi connectivity index (χ1n) is 10.0. The first-order valence-corrected chi connectivity index (χ1v) is 10.0. The maximum Gasteiger partial charge on any atom is 0.252 e. The van der Waals surface area contributed by atoms with Gasteiger partial charge in [0.15, 0.2) is 11.5 Å². The Balaban J connectivity index is 1.87. The number of nitrogens with zero attached hydrogens (tertiary/aromatic N) is 1. The van der Waals surface area contributed by atoms with Gasteiger partial charge in [-0.25, -0.2) is 4.98 Å². The van der Waals surface area contributed by atoms with Gasteiger partial charge in [0.25, 0.3) is 5.91 Å². The van der Waals surface area contributed by atoms with Crippen LogP contribution in [0.1, 0.15) is 56.3 Å². The van der Waals surface area contributed by atoms with E-state index in [1.165, 1.54) is 0 Å². The minimum atomic E-state index is -0.225. The topological polar surface area (TPSA) is 76.2 Å².